The number of anilines is 6. The molecule has 0 saturated heterocycles. The molecule has 4 heteroatoms. The van der Waals surface area contributed by atoms with Gasteiger partial charge < -0.3 is 18.6 Å². The first-order valence-corrected chi connectivity index (χ1v) is 37.6. The Kier molecular flexibility index (Phi) is 14.2. The van der Waals surface area contributed by atoms with Crippen LogP contribution >= 0.6 is 0 Å². The van der Waals surface area contributed by atoms with Gasteiger partial charge in [0.1, 0.15) is 22.3 Å². The smallest absolute Gasteiger partial charge is 0.136 e. The van der Waals surface area contributed by atoms with Gasteiger partial charge in [0.2, 0.25) is 0 Å². The van der Waals surface area contributed by atoms with Gasteiger partial charge in [-0.1, -0.05) is 286 Å². The molecule has 0 radical (unpaired) electrons. The molecule has 18 aromatic rings. The lowest BCUT2D eigenvalue weighted by Gasteiger charge is -2.34. The molecule has 4 nitrogen and oxygen atoms in total. The highest BCUT2D eigenvalue weighted by atomic mass is 16.3. The SMILES string of the molecule is CC(C)(CCC(C)(C)c1ccc(N(c2ccc3c(c2)-c2ccc4ccccc4c2C3(C)C)c2ccc3ccccc3c2-c2cccc3oc4ccccc4c23)cc1)c1ccc(N(c2ccc3c(c2)-c2c(ccc4ccccc24)C3(C)C)c2ccc3ccccc3c2-c2cccc3oc4ccccc4c23)cc1. The molecule has 0 unspecified atom stereocenters. The van der Waals surface area contributed by atoms with Gasteiger partial charge in [0, 0.05) is 66.3 Å². The second-order valence-corrected chi connectivity index (χ2v) is 32.1. The van der Waals surface area contributed by atoms with Crippen molar-refractivity contribution in [2.45, 2.75) is 89.9 Å². The lowest BCUT2D eigenvalue weighted by atomic mass is 9.73. The highest BCUT2D eigenvalue weighted by molar-refractivity contribution is 6.20. The fourth-order valence-electron chi connectivity index (χ4n) is 18.7. The molecule has 0 spiro atoms. The summed E-state index contributed by atoms with van der Waals surface area (Å²) in [5.41, 5.74) is 27.3. The van der Waals surface area contributed by atoms with Gasteiger partial charge in [-0.2, -0.15) is 0 Å². The van der Waals surface area contributed by atoms with Crippen LogP contribution in [0, 0.1) is 0 Å². The number of hydrogen-bond donors (Lipinski definition) is 0. The van der Waals surface area contributed by atoms with E-state index in [9.17, 15) is 0 Å². The highest BCUT2D eigenvalue weighted by Gasteiger charge is 2.40. The van der Waals surface area contributed by atoms with Gasteiger partial charge in [0.05, 0.1) is 11.4 Å². The molecule has 0 bridgehead atoms. The summed E-state index contributed by atoms with van der Waals surface area (Å²) in [4.78, 5) is 5.05. The average molecular weight is 1370 g/mol. The van der Waals surface area contributed by atoms with Crippen molar-refractivity contribution in [2.24, 2.45) is 0 Å². The molecule has 20 rings (SSSR count). The van der Waals surface area contributed by atoms with Crippen LogP contribution in [0.2, 0.25) is 0 Å². The quantitative estimate of drug-likeness (QED) is 0.115. The Balaban J connectivity index is 0.677. The first kappa shape index (κ1) is 63.4. The standard InChI is InChI=1S/C102H80N2O2/c1-99(2,67-43-47-69(48-44-67)103(71-51-55-84-82(61-71)77-53-39-66-26-12-16-30-76(66)98(77)102(84,7)8)87-57-41-64-24-10-14-28-74(64)94(87)80-33-21-37-91-96(80)78-31-17-19-35-89(78)105-91)59-60-100(3,4)68-45-49-70(50-46-68)104(72-52-56-85-83(62-72)93-73-27-13-9-23-63(73)40-54-86(93)101(85,5)6)88-58-42-65-25-11-15-29-75(65)95(88)81-34-22-38-92-97(81)79-32-18-20-36-90(79)106-92/h9-58,61-62H,59-60H2,1-8H3. The second kappa shape index (κ2) is 23.6. The van der Waals surface area contributed by atoms with Crippen molar-refractivity contribution in [3.8, 4) is 44.5 Å². The molecular weight excluding hydrogens is 1290 g/mol. The van der Waals surface area contributed by atoms with E-state index in [1.165, 1.54) is 98.7 Å². The largest absolute Gasteiger partial charge is 0.456 e. The molecule has 0 aliphatic heterocycles. The molecule has 2 aliphatic rings. The van der Waals surface area contributed by atoms with Crippen molar-refractivity contribution in [3.63, 3.8) is 0 Å². The van der Waals surface area contributed by atoms with E-state index < -0.39 is 0 Å². The van der Waals surface area contributed by atoms with E-state index in [0.29, 0.717) is 0 Å². The number of rotatable bonds is 13. The maximum atomic E-state index is 6.65. The van der Waals surface area contributed by atoms with Crippen molar-refractivity contribution in [1.29, 1.82) is 0 Å². The van der Waals surface area contributed by atoms with E-state index >= 15 is 0 Å². The average Bonchev–Trinajstić information content (AvgIpc) is 1.54. The van der Waals surface area contributed by atoms with Crippen LogP contribution < -0.4 is 9.80 Å². The van der Waals surface area contributed by atoms with Crippen molar-refractivity contribution in [2.75, 3.05) is 9.80 Å². The number of para-hydroxylation sites is 2. The van der Waals surface area contributed by atoms with Crippen LogP contribution in [0.1, 0.15) is 102 Å². The van der Waals surface area contributed by atoms with Crippen LogP contribution in [0.3, 0.4) is 0 Å². The Hall–Kier alpha value is -12.2. The van der Waals surface area contributed by atoms with Gasteiger partial charge in [-0.3, -0.25) is 0 Å². The molecule has 0 atom stereocenters. The maximum absolute atomic E-state index is 6.65. The van der Waals surface area contributed by atoms with Crippen molar-refractivity contribution in [3.05, 3.63) is 349 Å². The minimum Gasteiger partial charge on any atom is -0.456 e. The lowest BCUT2D eigenvalue weighted by Crippen LogP contribution is -2.24. The molecule has 2 heterocycles. The predicted molar refractivity (Wildman–Crippen MR) is 448 cm³/mol. The molecule has 510 valence electrons. The van der Waals surface area contributed by atoms with E-state index in [0.717, 1.165) is 113 Å². The summed E-state index contributed by atoms with van der Waals surface area (Å²) in [7, 11) is 0. The van der Waals surface area contributed by atoms with E-state index in [2.05, 4.69) is 381 Å². The first-order valence-electron chi connectivity index (χ1n) is 37.6. The Bertz CT molecular complexity index is 6650. The highest BCUT2D eigenvalue weighted by Crippen LogP contribution is 2.58. The zero-order valence-electron chi connectivity index (χ0n) is 61.1. The topological polar surface area (TPSA) is 32.8 Å². The summed E-state index contributed by atoms with van der Waals surface area (Å²) in [5.74, 6) is 0. The summed E-state index contributed by atoms with van der Waals surface area (Å²) >= 11 is 0. The van der Waals surface area contributed by atoms with Crippen molar-refractivity contribution >= 4 is 121 Å². The Labute approximate surface area is 619 Å². The van der Waals surface area contributed by atoms with E-state index in [4.69, 9.17) is 8.83 Å². The number of nitrogens with zero attached hydrogens (tertiary/aromatic N) is 2. The normalized spacial score (nSPS) is 13.7. The molecule has 0 saturated carbocycles. The predicted octanol–water partition coefficient (Wildman–Crippen LogP) is 29.0. The van der Waals surface area contributed by atoms with Crippen LogP contribution in [-0.4, -0.2) is 0 Å². The zero-order chi connectivity index (χ0) is 71.5. The van der Waals surface area contributed by atoms with E-state index in [-0.39, 0.29) is 21.7 Å². The molecule has 0 fully saturated rings. The molecule has 2 aliphatic carbocycles. The number of fused-ring (bicyclic) bond motifs is 18. The molecule has 16 aromatic carbocycles. The van der Waals surface area contributed by atoms with Gasteiger partial charge in [0.25, 0.3) is 0 Å². The van der Waals surface area contributed by atoms with Crippen LogP contribution in [0.15, 0.2) is 324 Å². The molecule has 0 amide bonds. The van der Waals surface area contributed by atoms with Crippen molar-refractivity contribution < 1.29 is 8.83 Å². The summed E-state index contributed by atoms with van der Waals surface area (Å²) in [6, 6.07) is 118. The monoisotopic (exact) mass is 1360 g/mol. The van der Waals surface area contributed by atoms with E-state index in [1.807, 2.05) is 0 Å². The van der Waals surface area contributed by atoms with Crippen LogP contribution in [0.4, 0.5) is 34.1 Å². The second-order valence-electron chi connectivity index (χ2n) is 32.1. The molecule has 0 N–H and O–H groups in total. The van der Waals surface area contributed by atoms with Gasteiger partial charge in [-0.15, -0.1) is 0 Å². The summed E-state index contributed by atoms with van der Waals surface area (Å²) in [6.07, 6.45) is 1.94. The van der Waals surface area contributed by atoms with Gasteiger partial charge in [-0.05, 0) is 218 Å². The first-order chi connectivity index (χ1) is 51.6. The third-order valence-electron chi connectivity index (χ3n) is 24.4. The lowest BCUT2D eigenvalue weighted by molar-refractivity contribution is 0.375. The fourth-order valence-corrected chi connectivity index (χ4v) is 18.7. The zero-order valence-corrected chi connectivity index (χ0v) is 61.1. The summed E-state index contributed by atoms with van der Waals surface area (Å²) in [5, 5.41) is 14.3. The minimum absolute atomic E-state index is 0.170. The summed E-state index contributed by atoms with van der Waals surface area (Å²) in [6.45, 7) is 19.3. The number of benzene rings is 16. The number of hydrogen-bond acceptors (Lipinski definition) is 4. The van der Waals surface area contributed by atoms with Gasteiger partial charge in [-0.25, -0.2) is 0 Å². The van der Waals surface area contributed by atoms with E-state index in [1.54, 1.807) is 0 Å². The van der Waals surface area contributed by atoms with Crippen LogP contribution in [0.25, 0.3) is 131 Å². The fraction of sp³-hybridized carbons (Fsp3) is 0.137. The maximum Gasteiger partial charge on any atom is 0.136 e. The number of furan rings is 2. The van der Waals surface area contributed by atoms with Gasteiger partial charge in [0.15, 0.2) is 0 Å². The Morgan fingerprint density at radius 1 is 0.274 bits per heavy atom. The third-order valence-corrected chi connectivity index (χ3v) is 24.4. The molecular formula is C102H80N2O2. The molecule has 106 heavy (non-hydrogen) atoms. The Morgan fingerprint density at radius 3 is 1.13 bits per heavy atom. The van der Waals surface area contributed by atoms with Crippen LogP contribution in [-0.2, 0) is 21.7 Å². The third kappa shape index (κ3) is 9.73. The van der Waals surface area contributed by atoms with Crippen LogP contribution in [0.5, 0.6) is 0 Å². The summed E-state index contributed by atoms with van der Waals surface area (Å²) < 4.78 is 13.3. The minimum atomic E-state index is -0.198. The molecule has 2 aromatic heterocycles. The van der Waals surface area contributed by atoms with Gasteiger partial charge >= 0.3 is 0 Å². The van der Waals surface area contributed by atoms with Crippen molar-refractivity contribution in [1.82, 2.24) is 0 Å². The Morgan fingerprint density at radius 2 is 0.642 bits per heavy atom.